The molecule has 0 bridgehead atoms. The molecule has 0 spiro atoms. The van der Waals surface area contributed by atoms with Gasteiger partial charge in [0.1, 0.15) is 0 Å². The van der Waals surface area contributed by atoms with Crippen LogP contribution in [0.1, 0.15) is 11.1 Å². The van der Waals surface area contributed by atoms with Gasteiger partial charge in [0.25, 0.3) is 0 Å². The quantitative estimate of drug-likeness (QED) is 0.126. The molecule has 0 aliphatic heterocycles. The molecular weight excluding hydrogens is 673 g/mol. The van der Waals surface area contributed by atoms with Crippen molar-refractivity contribution in [3.63, 3.8) is 0 Å². The Morgan fingerprint density at radius 1 is 0.232 bits per heavy atom. The van der Waals surface area contributed by atoms with Crippen LogP contribution in [-0.4, -0.2) is 0 Å². The van der Waals surface area contributed by atoms with Crippen molar-refractivity contribution >= 4 is 64.6 Å². The van der Waals surface area contributed by atoms with Gasteiger partial charge in [0, 0.05) is 0 Å². The Labute approximate surface area is 326 Å². The molecule has 0 radical (unpaired) electrons. The molecule has 56 heavy (non-hydrogen) atoms. The third-order valence-electron chi connectivity index (χ3n) is 12.1. The van der Waals surface area contributed by atoms with Gasteiger partial charge in [0.2, 0.25) is 0 Å². The molecule has 0 heteroatoms. The molecule has 0 amide bonds. The zero-order valence-corrected chi connectivity index (χ0v) is 31.5. The van der Waals surface area contributed by atoms with Crippen LogP contribution in [0.2, 0.25) is 0 Å². The van der Waals surface area contributed by atoms with Gasteiger partial charge in [-0.25, -0.2) is 0 Å². The van der Waals surface area contributed by atoms with Crippen LogP contribution in [0.5, 0.6) is 0 Å². The fraction of sp³-hybridized carbons (Fsp3) is 0.0357. The molecule has 0 aliphatic carbocycles. The Balaban J connectivity index is 1.10. The summed E-state index contributed by atoms with van der Waals surface area (Å²) in [6, 6.07) is 72.1. The Morgan fingerprint density at radius 2 is 0.643 bits per heavy atom. The monoisotopic (exact) mass is 710 g/mol. The molecule has 11 rings (SSSR count). The highest BCUT2D eigenvalue weighted by Crippen LogP contribution is 2.46. The van der Waals surface area contributed by atoms with Gasteiger partial charge in [-0.05, 0) is 146 Å². The van der Waals surface area contributed by atoms with Gasteiger partial charge in [-0.1, -0.05) is 182 Å². The van der Waals surface area contributed by atoms with Crippen LogP contribution in [0.25, 0.3) is 109 Å². The molecule has 11 aromatic carbocycles. The van der Waals surface area contributed by atoms with Gasteiger partial charge in [-0.3, -0.25) is 0 Å². The molecular formula is C56H38. The van der Waals surface area contributed by atoms with Crippen LogP contribution >= 0.6 is 0 Å². The number of benzene rings is 11. The third-order valence-corrected chi connectivity index (χ3v) is 12.1. The molecule has 0 saturated heterocycles. The highest BCUT2D eigenvalue weighted by Gasteiger charge is 2.19. The van der Waals surface area contributed by atoms with E-state index in [0.29, 0.717) is 0 Å². The van der Waals surface area contributed by atoms with Crippen LogP contribution in [0.4, 0.5) is 0 Å². The van der Waals surface area contributed by atoms with Crippen molar-refractivity contribution < 1.29 is 0 Å². The smallest absolute Gasteiger partial charge is 0.00262 e. The number of fused-ring (bicyclic) bond motifs is 9. The van der Waals surface area contributed by atoms with E-state index in [9.17, 15) is 0 Å². The first-order valence-electron chi connectivity index (χ1n) is 19.6. The average Bonchev–Trinajstić information content (AvgIpc) is 3.26. The maximum Gasteiger partial charge on any atom is -0.00262 e. The predicted octanol–water partition coefficient (Wildman–Crippen LogP) is 15.9. The number of hydrogen-bond acceptors (Lipinski definition) is 0. The van der Waals surface area contributed by atoms with E-state index in [2.05, 4.69) is 208 Å². The van der Waals surface area contributed by atoms with Crippen LogP contribution in [0, 0.1) is 13.8 Å². The third kappa shape index (κ3) is 5.00. The fourth-order valence-electron chi connectivity index (χ4n) is 9.46. The molecule has 0 saturated carbocycles. The fourth-order valence-corrected chi connectivity index (χ4v) is 9.46. The maximum absolute atomic E-state index is 2.45. The van der Waals surface area contributed by atoms with Crippen molar-refractivity contribution in [3.8, 4) is 44.5 Å². The second-order valence-corrected chi connectivity index (χ2v) is 15.3. The Morgan fingerprint density at radius 3 is 1.23 bits per heavy atom. The minimum absolute atomic E-state index is 1.23. The van der Waals surface area contributed by atoms with Crippen LogP contribution in [-0.2, 0) is 0 Å². The lowest BCUT2D eigenvalue weighted by Crippen LogP contribution is -1.93. The molecule has 262 valence electrons. The van der Waals surface area contributed by atoms with Gasteiger partial charge in [-0.2, -0.15) is 0 Å². The lowest BCUT2D eigenvalue weighted by atomic mass is 9.84. The molecule has 0 atom stereocenters. The summed E-state index contributed by atoms with van der Waals surface area (Å²) in [5.41, 5.74) is 12.6. The zero-order valence-electron chi connectivity index (χ0n) is 31.5. The summed E-state index contributed by atoms with van der Waals surface area (Å²) in [6.45, 7) is 4.53. The first-order chi connectivity index (χ1) is 27.6. The molecule has 11 aromatic rings. The van der Waals surface area contributed by atoms with E-state index in [4.69, 9.17) is 0 Å². The first kappa shape index (κ1) is 32.4. The molecule has 0 unspecified atom stereocenters. The summed E-state index contributed by atoms with van der Waals surface area (Å²) in [4.78, 5) is 0. The normalized spacial score (nSPS) is 11.8. The SMILES string of the molecule is Cc1ccc(-c2c3ccccc3c(-c3ccc(-c4cccc5ccccc45)cc3)c3ccccc23)cc1-c1cc2c3ccccc3c3ccccc3c2cc1C. The lowest BCUT2D eigenvalue weighted by molar-refractivity contribution is 1.42. The van der Waals surface area contributed by atoms with Crippen LogP contribution in [0.15, 0.2) is 194 Å². The minimum Gasteiger partial charge on any atom is -0.0616 e. The summed E-state index contributed by atoms with van der Waals surface area (Å²) < 4.78 is 0. The highest BCUT2D eigenvalue weighted by atomic mass is 14.2. The maximum atomic E-state index is 2.45. The molecule has 0 aliphatic rings. The Bertz CT molecular complexity index is 3300. The molecule has 0 N–H and O–H groups in total. The van der Waals surface area contributed by atoms with E-state index >= 15 is 0 Å². The van der Waals surface area contributed by atoms with Gasteiger partial charge >= 0.3 is 0 Å². The van der Waals surface area contributed by atoms with Gasteiger partial charge in [0.05, 0.1) is 0 Å². The second kappa shape index (κ2) is 12.8. The van der Waals surface area contributed by atoms with Crippen LogP contribution < -0.4 is 0 Å². The summed E-state index contributed by atoms with van der Waals surface area (Å²) in [6.07, 6.45) is 0. The topological polar surface area (TPSA) is 0 Å². The van der Waals surface area contributed by atoms with Crippen molar-refractivity contribution in [1.82, 2.24) is 0 Å². The molecule has 0 aromatic heterocycles. The number of aryl methyl sites for hydroxylation is 2. The number of rotatable bonds is 4. The molecule has 0 heterocycles. The molecule has 0 nitrogen and oxygen atoms in total. The van der Waals surface area contributed by atoms with E-state index in [0.717, 1.165) is 0 Å². The van der Waals surface area contributed by atoms with E-state index in [1.807, 2.05) is 0 Å². The predicted molar refractivity (Wildman–Crippen MR) is 243 cm³/mol. The zero-order chi connectivity index (χ0) is 37.3. The van der Waals surface area contributed by atoms with Crippen molar-refractivity contribution in [3.05, 3.63) is 205 Å². The van der Waals surface area contributed by atoms with Crippen molar-refractivity contribution in [2.45, 2.75) is 13.8 Å². The largest absolute Gasteiger partial charge is 0.0616 e. The Kier molecular flexibility index (Phi) is 7.41. The summed E-state index contributed by atoms with van der Waals surface area (Å²) in [5.74, 6) is 0. The van der Waals surface area contributed by atoms with Crippen molar-refractivity contribution in [2.24, 2.45) is 0 Å². The van der Waals surface area contributed by atoms with Gasteiger partial charge in [0.15, 0.2) is 0 Å². The van der Waals surface area contributed by atoms with E-state index < -0.39 is 0 Å². The van der Waals surface area contributed by atoms with Gasteiger partial charge < -0.3 is 0 Å². The second-order valence-electron chi connectivity index (χ2n) is 15.3. The minimum atomic E-state index is 1.23. The highest BCUT2D eigenvalue weighted by molar-refractivity contribution is 6.26. The summed E-state index contributed by atoms with van der Waals surface area (Å²) >= 11 is 0. The van der Waals surface area contributed by atoms with E-state index in [1.54, 1.807) is 0 Å². The Hall–Kier alpha value is -7.02. The number of hydrogen-bond donors (Lipinski definition) is 0. The van der Waals surface area contributed by atoms with Crippen LogP contribution in [0.3, 0.4) is 0 Å². The van der Waals surface area contributed by atoms with Crippen molar-refractivity contribution in [2.75, 3.05) is 0 Å². The van der Waals surface area contributed by atoms with Crippen molar-refractivity contribution in [1.29, 1.82) is 0 Å². The van der Waals surface area contributed by atoms with E-state index in [-0.39, 0.29) is 0 Å². The average molecular weight is 711 g/mol. The summed E-state index contributed by atoms with van der Waals surface area (Å²) in [7, 11) is 0. The molecule has 0 fully saturated rings. The standard InChI is InChI=1S/C56H38/c1-35-26-27-40(33-51(35)52-34-54-46-20-8-6-18-44(46)43-17-5-7-19-45(43)53(54)32-36(52)2)56-49-23-11-9-21-47(49)55(48-22-10-12-24-50(48)56)39-30-28-38(29-31-39)42-25-13-15-37-14-3-4-16-41(37)42/h3-34H,1-2H3. The summed E-state index contributed by atoms with van der Waals surface area (Å²) in [5, 5.41) is 15.4. The van der Waals surface area contributed by atoms with E-state index in [1.165, 1.54) is 120 Å². The lowest BCUT2D eigenvalue weighted by Gasteiger charge is -2.20. The first-order valence-corrected chi connectivity index (χ1v) is 19.6. The van der Waals surface area contributed by atoms with Gasteiger partial charge in [-0.15, -0.1) is 0 Å².